The number of carbonyl (C=O) groups excluding carboxylic acids is 2. The van der Waals surface area contributed by atoms with Crippen LogP contribution in [0.3, 0.4) is 0 Å². The molecule has 2 aromatic rings. The fourth-order valence-electron chi connectivity index (χ4n) is 2.78. The van der Waals surface area contributed by atoms with Gasteiger partial charge in [-0.1, -0.05) is 0 Å². The minimum atomic E-state index is -0.568. The fourth-order valence-corrected chi connectivity index (χ4v) is 2.78. The van der Waals surface area contributed by atoms with E-state index in [-0.39, 0.29) is 35.8 Å². The van der Waals surface area contributed by atoms with Crippen LogP contribution < -0.4 is 9.47 Å². The van der Waals surface area contributed by atoms with Crippen LogP contribution in [0.4, 0.5) is 0 Å². The maximum atomic E-state index is 11.5. The van der Waals surface area contributed by atoms with Crippen molar-refractivity contribution >= 4 is 11.9 Å². The third-order valence-electron chi connectivity index (χ3n) is 4.36. The molecule has 0 spiro atoms. The summed E-state index contributed by atoms with van der Waals surface area (Å²) in [7, 11) is 2.51. The van der Waals surface area contributed by atoms with Crippen LogP contribution in [0.5, 0.6) is 23.0 Å². The molecule has 0 saturated heterocycles. The average molecular weight is 494 g/mol. The van der Waals surface area contributed by atoms with Crippen LogP contribution in [0.2, 0.25) is 0 Å². The molecule has 35 heavy (non-hydrogen) atoms. The van der Waals surface area contributed by atoms with E-state index < -0.39 is 11.9 Å². The van der Waals surface area contributed by atoms with Crippen LogP contribution in [0, 0.1) is 0 Å². The SMILES string of the molecule is COC(=O)c1cc(O)cc(OCCOCCOCCOCCOc2cc(O)cc(C(=O)OC)c2)c1. The second-order valence-corrected chi connectivity index (χ2v) is 6.95. The third kappa shape index (κ3) is 10.5. The van der Waals surface area contributed by atoms with Gasteiger partial charge in [-0.05, 0) is 24.3 Å². The van der Waals surface area contributed by atoms with E-state index in [1.54, 1.807) is 0 Å². The molecule has 0 aromatic heterocycles. The number of esters is 2. The van der Waals surface area contributed by atoms with Gasteiger partial charge in [0.05, 0.1) is 65.0 Å². The van der Waals surface area contributed by atoms with Crippen molar-refractivity contribution in [1.29, 1.82) is 0 Å². The molecule has 0 bridgehead atoms. The number of carbonyl (C=O) groups is 2. The Kier molecular flexibility index (Phi) is 12.2. The number of phenols is 2. The van der Waals surface area contributed by atoms with Crippen LogP contribution in [0.1, 0.15) is 20.7 Å². The molecule has 0 heterocycles. The first-order valence-electron chi connectivity index (χ1n) is 10.8. The minimum absolute atomic E-state index is 0.0990. The Morgan fingerprint density at radius 3 is 1.26 bits per heavy atom. The summed E-state index contributed by atoms with van der Waals surface area (Å²) < 4.78 is 36.4. The maximum Gasteiger partial charge on any atom is 0.338 e. The standard InChI is InChI=1S/C24H30O11/c1-29-23(27)17-11-19(25)15-21(13-17)34-9-7-32-5-3-31-4-6-33-8-10-35-22-14-18(24(28)30-2)12-20(26)16-22/h11-16,25-26H,3-10H2,1-2H3. The first-order chi connectivity index (χ1) is 16.9. The fraction of sp³-hybridized carbons (Fsp3) is 0.417. The van der Waals surface area contributed by atoms with Crippen molar-refractivity contribution in [3.63, 3.8) is 0 Å². The maximum absolute atomic E-state index is 11.5. The lowest BCUT2D eigenvalue weighted by Crippen LogP contribution is -2.14. The van der Waals surface area contributed by atoms with Crippen molar-refractivity contribution in [2.75, 3.05) is 67.1 Å². The molecule has 0 amide bonds. The number of hydrogen-bond acceptors (Lipinski definition) is 11. The highest BCUT2D eigenvalue weighted by molar-refractivity contribution is 5.90. The molecule has 2 N–H and O–H groups in total. The van der Waals surface area contributed by atoms with Crippen LogP contribution in [-0.2, 0) is 23.7 Å². The van der Waals surface area contributed by atoms with Gasteiger partial charge in [0, 0.05) is 12.1 Å². The zero-order valence-electron chi connectivity index (χ0n) is 19.7. The monoisotopic (exact) mass is 494 g/mol. The van der Waals surface area contributed by atoms with E-state index in [9.17, 15) is 19.8 Å². The molecule has 0 radical (unpaired) electrons. The highest BCUT2D eigenvalue weighted by atomic mass is 16.6. The van der Waals surface area contributed by atoms with Gasteiger partial charge in [0.1, 0.15) is 36.2 Å². The molecule has 0 unspecified atom stereocenters. The van der Waals surface area contributed by atoms with Gasteiger partial charge in [-0.3, -0.25) is 0 Å². The van der Waals surface area contributed by atoms with E-state index in [0.29, 0.717) is 51.1 Å². The van der Waals surface area contributed by atoms with Crippen LogP contribution in [0.15, 0.2) is 36.4 Å². The number of rotatable bonds is 16. The molecule has 11 heteroatoms. The Balaban J connectivity index is 1.47. The van der Waals surface area contributed by atoms with Gasteiger partial charge in [0.15, 0.2) is 0 Å². The molecule has 192 valence electrons. The predicted molar refractivity (Wildman–Crippen MR) is 122 cm³/mol. The third-order valence-corrected chi connectivity index (χ3v) is 4.36. The second-order valence-electron chi connectivity index (χ2n) is 6.95. The highest BCUT2D eigenvalue weighted by Gasteiger charge is 2.10. The normalized spacial score (nSPS) is 10.6. The Hall–Kier alpha value is -3.54. The first-order valence-corrected chi connectivity index (χ1v) is 10.8. The summed E-state index contributed by atoms with van der Waals surface area (Å²) in [5, 5.41) is 19.3. The molecular weight excluding hydrogens is 464 g/mol. The van der Waals surface area contributed by atoms with Gasteiger partial charge in [0.2, 0.25) is 0 Å². The van der Waals surface area contributed by atoms with Crippen LogP contribution in [-0.4, -0.2) is 89.2 Å². The Labute approximate surface area is 203 Å². The summed E-state index contributed by atoms with van der Waals surface area (Å²) in [6.07, 6.45) is 0. The lowest BCUT2D eigenvalue weighted by Gasteiger charge is -2.10. The molecule has 0 aliphatic rings. The van der Waals surface area contributed by atoms with E-state index in [2.05, 4.69) is 9.47 Å². The molecule has 0 aliphatic carbocycles. The van der Waals surface area contributed by atoms with E-state index in [1.807, 2.05) is 0 Å². The van der Waals surface area contributed by atoms with Crippen molar-refractivity contribution in [3.05, 3.63) is 47.5 Å². The minimum Gasteiger partial charge on any atom is -0.508 e. The average Bonchev–Trinajstić information content (AvgIpc) is 2.85. The van der Waals surface area contributed by atoms with Crippen molar-refractivity contribution in [1.82, 2.24) is 0 Å². The van der Waals surface area contributed by atoms with E-state index >= 15 is 0 Å². The summed E-state index contributed by atoms with van der Waals surface area (Å²) in [5.74, 6) is -0.669. The van der Waals surface area contributed by atoms with Gasteiger partial charge in [-0.2, -0.15) is 0 Å². The summed E-state index contributed by atoms with van der Waals surface area (Å²) in [6.45, 7) is 2.53. The lowest BCUT2D eigenvalue weighted by molar-refractivity contribution is 0.00496. The number of aromatic hydroxyl groups is 2. The largest absolute Gasteiger partial charge is 0.508 e. The highest BCUT2D eigenvalue weighted by Crippen LogP contribution is 2.23. The van der Waals surface area contributed by atoms with Crippen molar-refractivity contribution < 1.29 is 53.0 Å². The molecule has 0 aliphatic heterocycles. The second kappa shape index (κ2) is 15.4. The van der Waals surface area contributed by atoms with Crippen LogP contribution >= 0.6 is 0 Å². The molecule has 2 rings (SSSR count). The van der Waals surface area contributed by atoms with Gasteiger partial charge >= 0.3 is 11.9 Å². The molecular formula is C24H30O11. The van der Waals surface area contributed by atoms with Crippen LogP contribution in [0.25, 0.3) is 0 Å². The Bertz CT molecular complexity index is 870. The molecule has 11 nitrogen and oxygen atoms in total. The molecule has 0 atom stereocenters. The Morgan fingerprint density at radius 1 is 0.571 bits per heavy atom. The van der Waals surface area contributed by atoms with Crippen molar-refractivity contribution in [2.45, 2.75) is 0 Å². The number of hydrogen-bond donors (Lipinski definition) is 2. The topological polar surface area (TPSA) is 139 Å². The lowest BCUT2D eigenvalue weighted by atomic mass is 10.2. The van der Waals surface area contributed by atoms with E-state index in [4.69, 9.17) is 23.7 Å². The summed E-state index contributed by atoms with van der Waals surface area (Å²) in [5.41, 5.74) is 0.385. The number of phenolic OH excluding ortho intramolecular Hbond substituents is 2. The molecule has 2 aromatic carbocycles. The summed E-state index contributed by atoms with van der Waals surface area (Å²) in [6, 6.07) is 8.32. The number of methoxy groups -OCH3 is 2. The van der Waals surface area contributed by atoms with Gasteiger partial charge in [0.25, 0.3) is 0 Å². The molecule has 0 saturated carbocycles. The predicted octanol–water partition coefficient (Wildman–Crippen LogP) is 2.18. The van der Waals surface area contributed by atoms with E-state index in [0.717, 1.165) is 0 Å². The quantitative estimate of drug-likeness (QED) is 0.262. The van der Waals surface area contributed by atoms with Gasteiger partial charge in [-0.15, -0.1) is 0 Å². The van der Waals surface area contributed by atoms with Crippen molar-refractivity contribution in [3.8, 4) is 23.0 Å². The zero-order valence-corrected chi connectivity index (χ0v) is 19.7. The smallest absolute Gasteiger partial charge is 0.338 e. The summed E-state index contributed by atoms with van der Waals surface area (Å²) in [4.78, 5) is 23.1. The Morgan fingerprint density at radius 2 is 0.914 bits per heavy atom. The van der Waals surface area contributed by atoms with Gasteiger partial charge < -0.3 is 43.4 Å². The molecule has 0 fully saturated rings. The zero-order chi connectivity index (χ0) is 25.5. The number of benzene rings is 2. The van der Waals surface area contributed by atoms with Crippen molar-refractivity contribution in [2.24, 2.45) is 0 Å². The summed E-state index contributed by atoms with van der Waals surface area (Å²) >= 11 is 0. The first kappa shape index (κ1) is 27.7. The number of ether oxygens (including phenoxy) is 7. The van der Waals surface area contributed by atoms with E-state index in [1.165, 1.54) is 50.6 Å². The van der Waals surface area contributed by atoms with Gasteiger partial charge in [-0.25, -0.2) is 9.59 Å².